The second-order valence-electron chi connectivity index (χ2n) is 5.26. The fourth-order valence-corrected chi connectivity index (χ4v) is 2.30. The number of benzene rings is 1. The number of hydrogen-bond acceptors (Lipinski definition) is 5. The van der Waals surface area contributed by atoms with E-state index in [1.54, 1.807) is 31.3 Å². The fraction of sp³-hybridized carbons (Fsp3) is 0.312. The van der Waals surface area contributed by atoms with Crippen LogP contribution >= 0.6 is 0 Å². The number of hydrogen-bond donors (Lipinski definition) is 2. The van der Waals surface area contributed by atoms with Crippen LogP contribution in [0.5, 0.6) is 11.5 Å². The summed E-state index contributed by atoms with van der Waals surface area (Å²) in [4.78, 5) is 24.1. The van der Waals surface area contributed by atoms with Gasteiger partial charge >= 0.3 is 11.8 Å². The van der Waals surface area contributed by atoms with Crippen molar-refractivity contribution in [3.63, 3.8) is 0 Å². The van der Waals surface area contributed by atoms with Crippen molar-refractivity contribution in [2.75, 3.05) is 23.8 Å². The highest BCUT2D eigenvalue weighted by atomic mass is 16.6. The van der Waals surface area contributed by atoms with E-state index in [2.05, 4.69) is 15.7 Å². The lowest BCUT2D eigenvalue weighted by Crippen LogP contribution is -2.29. The first-order valence-electron chi connectivity index (χ1n) is 7.61. The Morgan fingerprint density at radius 3 is 2.54 bits per heavy atom. The van der Waals surface area contributed by atoms with E-state index < -0.39 is 11.8 Å². The Morgan fingerprint density at radius 2 is 1.83 bits per heavy atom. The molecule has 0 atom stereocenters. The molecule has 24 heavy (non-hydrogen) atoms. The quantitative estimate of drug-likeness (QED) is 0.828. The van der Waals surface area contributed by atoms with Gasteiger partial charge < -0.3 is 20.1 Å². The molecule has 0 aliphatic carbocycles. The Morgan fingerprint density at radius 1 is 1.12 bits per heavy atom. The maximum absolute atomic E-state index is 12.0. The molecule has 0 unspecified atom stereocenters. The van der Waals surface area contributed by atoms with Crippen molar-refractivity contribution in [1.82, 2.24) is 9.78 Å². The second-order valence-corrected chi connectivity index (χ2v) is 5.26. The van der Waals surface area contributed by atoms with Gasteiger partial charge in [-0.1, -0.05) is 6.92 Å². The number of amides is 2. The molecule has 126 valence electrons. The number of anilines is 2. The summed E-state index contributed by atoms with van der Waals surface area (Å²) in [7, 11) is 1.70. The molecule has 1 aliphatic rings. The Labute approximate surface area is 138 Å². The van der Waals surface area contributed by atoms with E-state index in [1.165, 1.54) is 4.68 Å². The summed E-state index contributed by atoms with van der Waals surface area (Å²) in [5.41, 5.74) is 1.29. The minimum Gasteiger partial charge on any atom is -0.486 e. The normalized spacial score (nSPS) is 12.6. The van der Waals surface area contributed by atoms with Gasteiger partial charge in [-0.25, -0.2) is 0 Å². The summed E-state index contributed by atoms with van der Waals surface area (Å²) in [5.74, 6) is 0.0833. The van der Waals surface area contributed by atoms with Crippen molar-refractivity contribution >= 4 is 23.3 Å². The number of nitrogens with one attached hydrogen (secondary N) is 2. The zero-order valence-electron chi connectivity index (χ0n) is 13.5. The summed E-state index contributed by atoms with van der Waals surface area (Å²) in [6.45, 7) is 2.90. The number of fused-ring (bicyclic) bond motifs is 1. The van der Waals surface area contributed by atoms with Gasteiger partial charge in [-0.05, 0) is 18.6 Å². The Hall–Kier alpha value is -3.03. The van der Waals surface area contributed by atoms with E-state index in [0.717, 1.165) is 12.1 Å². The molecule has 0 saturated carbocycles. The number of aryl methyl sites for hydroxylation is 2. The molecule has 1 aromatic heterocycles. The molecule has 2 heterocycles. The molecule has 1 aliphatic heterocycles. The minimum absolute atomic E-state index is 0.450. The molecule has 3 rings (SSSR count). The average molecular weight is 330 g/mol. The molecular formula is C16H18N4O4. The molecule has 0 fully saturated rings. The lowest BCUT2D eigenvalue weighted by molar-refractivity contribution is -0.133. The van der Waals surface area contributed by atoms with Gasteiger partial charge in [0.05, 0.1) is 5.69 Å². The third-order valence-electron chi connectivity index (χ3n) is 3.54. The van der Waals surface area contributed by atoms with Gasteiger partial charge in [0.2, 0.25) is 0 Å². The van der Waals surface area contributed by atoms with Gasteiger partial charge in [-0.3, -0.25) is 14.3 Å². The van der Waals surface area contributed by atoms with Crippen LogP contribution in [0.4, 0.5) is 11.5 Å². The van der Waals surface area contributed by atoms with Crippen molar-refractivity contribution in [2.45, 2.75) is 13.3 Å². The third-order valence-corrected chi connectivity index (χ3v) is 3.54. The van der Waals surface area contributed by atoms with Crippen molar-refractivity contribution in [2.24, 2.45) is 7.05 Å². The van der Waals surface area contributed by atoms with Crippen LogP contribution in [0.15, 0.2) is 24.3 Å². The first-order valence-corrected chi connectivity index (χ1v) is 7.61. The smallest absolute Gasteiger partial charge is 0.315 e. The van der Waals surface area contributed by atoms with Crippen LogP contribution in [0.2, 0.25) is 0 Å². The molecule has 0 spiro atoms. The highest BCUT2D eigenvalue weighted by molar-refractivity contribution is 6.43. The Kier molecular flexibility index (Phi) is 4.37. The van der Waals surface area contributed by atoms with Gasteiger partial charge in [-0.15, -0.1) is 0 Å². The number of nitrogens with zero attached hydrogens (tertiary/aromatic N) is 2. The molecule has 0 radical (unpaired) electrons. The number of aromatic nitrogens is 2. The van der Waals surface area contributed by atoms with Gasteiger partial charge in [0.25, 0.3) is 0 Å². The first kappa shape index (κ1) is 15.9. The van der Waals surface area contributed by atoms with Crippen LogP contribution in [0, 0.1) is 0 Å². The van der Waals surface area contributed by atoms with E-state index in [4.69, 9.17) is 9.47 Å². The monoisotopic (exact) mass is 330 g/mol. The van der Waals surface area contributed by atoms with E-state index >= 15 is 0 Å². The lowest BCUT2D eigenvalue weighted by Gasteiger charge is -2.18. The van der Waals surface area contributed by atoms with Crippen LogP contribution in [0.25, 0.3) is 0 Å². The van der Waals surface area contributed by atoms with Crippen LogP contribution in [-0.2, 0) is 23.1 Å². The zero-order valence-corrected chi connectivity index (χ0v) is 13.5. The average Bonchev–Trinajstić information content (AvgIpc) is 2.94. The predicted octanol–water partition coefficient (Wildman–Crippen LogP) is 1.33. The SMILES string of the molecule is CCc1cc(NC(=O)C(=O)Nc2ccc3c(c2)OCCO3)n(C)n1. The number of carbonyl (C=O) groups is 2. The molecule has 2 N–H and O–H groups in total. The molecule has 0 bridgehead atoms. The van der Waals surface area contributed by atoms with E-state index in [9.17, 15) is 9.59 Å². The van der Waals surface area contributed by atoms with Gasteiger partial charge in [0, 0.05) is 24.9 Å². The molecular weight excluding hydrogens is 312 g/mol. The van der Waals surface area contributed by atoms with Crippen molar-refractivity contribution in [1.29, 1.82) is 0 Å². The van der Waals surface area contributed by atoms with Crippen LogP contribution < -0.4 is 20.1 Å². The number of ether oxygens (including phenoxy) is 2. The van der Waals surface area contributed by atoms with E-state index in [0.29, 0.717) is 36.2 Å². The maximum atomic E-state index is 12.0. The zero-order chi connectivity index (χ0) is 17.1. The Bertz CT molecular complexity index is 784. The second kappa shape index (κ2) is 6.61. The number of rotatable bonds is 3. The van der Waals surface area contributed by atoms with Crippen molar-refractivity contribution in [3.05, 3.63) is 30.0 Å². The molecule has 8 heteroatoms. The third kappa shape index (κ3) is 3.32. The lowest BCUT2D eigenvalue weighted by atomic mass is 10.2. The van der Waals surface area contributed by atoms with Crippen molar-refractivity contribution in [3.8, 4) is 11.5 Å². The van der Waals surface area contributed by atoms with Crippen molar-refractivity contribution < 1.29 is 19.1 Å². The molecule has 1 aromatic carbocycles. The predicted molar refractivity (Wildman–Crippen MR) is 87.3 cm³/mol. The largest absolute Gasteiger partial charge is 0.486 e. The van der Waals surface area contributed by atoms with Crippen LogP contribution in [0.3, 0.4) is 0 Å². The summed E-state index contributed by atoms with van der Waals surface area (Å²) in [6.07, 6.45) is 0.743. The highest BCUT2D eigenvalue weighted by Gasteiger charge is 2.18. The van der Waals surface area contributed by atoms with Gasteiger partial charge in [0.1, 0.15) is 19.0 Å². The minimum atomic E-state index is -0.772. The topological polar surface area (TPSA) is 94.5 Å². The standard InChI is InChI=1S/C16H18N4O4/c1-3-10-9-14(20(2)19-10)18-16(22)15(21)17-11-4-5-12-13(8-11)24-7-6-23-12/h4-5,8-9H,3,6-7H2,1-2H3,(H,17,21)(H,18,22). The molecule has 0 saturated heterocycles. The summed E-state index contributed by atoms with van der Waals surface area (Å²) < 4.78 is 12.4. The van der Waals surface area contributed by atoms with Gasteiger partial charge in [-0.2, -0.15) is 5.10 Å². The van der Waals surface area contributed by atoms with Gasteiger partial charge in [0.15, 0.2) is 11.5 Å². The number of carbonyl (C=O) groups excluding carboxylic acids is 2. The van der Waals surface area contributed by atoms with Crippen LogP contribution in [0.1, 0.15) is 12.6 Å². The molecule has 2 aromatic rings. The van der Waals surface area contributed by atoms with E-state index in [-0.39, 0.29) is 0 Å². The fourth-order valence-electron chi connectivity index (χ4n) is 2.30. The maximum Gasteiger partial charge on any atom is 0.315 e. The highest BCUT2D eigenvalue weighted by Crippen LogP contribution is 2.32. The summed E-state index contributed by atoms with van der Waals surface area (Å²) in [6, 6.07) is 6.70. The molecule has 2 amide bonds. The summed E-state index contributed by atoms with van der Waals surface area (Å²) in [5, 5.41) is 9.29. The van der Waals surface area contributed by atoms with E-state index in [1.807, 2.05) is 6.92 Å². The summed E-state index contributed by atoms with van der Waals surface area (Å²) >= 11 is 0. The van der Waals surface area contributed by atoms with Crippen LogP contribution in [-0.4, -0.2) is 34.8 Å². The molecule has 8 nitrogen and oxygen atoms in total. The Balaban J connectivity index is 1.65. The first-order chi connectivity index (χ1) is 11.6.